The molecule has 5 nitrogen and oxygen atoms in total. The quantitative estimate of drug-likeness (QED) is 0.788. The fourth-order valence-electron chi connectivity index (χ4n) is 2.22. The number of hydrogen-bond acceptors (Lipinski definition) is 5. The first-order chi connectivity index (χ1) is 8.81. The molecule has 1 aromatic carbocycles. The number of carbonyl (C=O) groups is 1. The number of aryl methyl sites for hydroxylation is 1. The van der Waals surface area contributed by atoms with Gasteiger partial charge in [0.05, 0.1) is 4.90 Å². The van der Waals surface area contributed by atoms with Gasteiger partial charge in [0.25, 0.3) is 0 Å². The average Bonchev–Trinajstić information content (AvgIpc) is 2.22. The second-order valence-corrected chi connectivity index (χ2v) is 6.64. The maximum atomic E-state index is 10.5. The Morgan fingerprint density at radius 1 is 1.15 bits per heavy atom. The van der Waals surface area contributed by atoms with Gasteiger partial charge < -0.3 is 9.87 Å². The van der Waals surface area contributed by atoms with E-state index in [4.69, 9.17) is 0 Å². The highest BCUT2D eigenvalue weighted by Gasteiger charge is 2.47. The monoisotopic (exact) mass is 318 g/mol. The van der Waals surface area contributed by atoms with Crippen LogP contribution in [0.2, 0.25) is 0 Å². The summed E-state index contributed by atoms with van der Waals surface area (Å²) < 4.78 is 31.2. The Balaban J connectivity index is 0.000000197. The zero-order valence-electron chi connectivity index (χ0n) is 11.1. The van der Waals surface area contributed by atoms with Crippen LogP contribution in [0.4, 0.5) is 0 Å². The van der Waals surface area contributed by atoms with Crippen molar-refractivity contribution in [2.75, 3.05) is 13.1 Å². The summed E-state index contributed by atoms with van der Waals surface area (Å²) in [5, 5.41) is 3.17. The Kier molecular flexibility index (Phi) is 5.32. The molecule has 2 fully saturated rings. The van der Waals surface area contributed by atoms with Crippen molar-refractivity contribution < 1.29 is 17.8 Å². The molecule has 7 heteroatoms. The molecule has 1 aliphatic carbocycles. The number of ketones is 1. The van der Waals surface area contributed by atoms with Gasteiger partial charge in [-0.05, 0) is 19.1 Å². The van der Waals surface area contributed by atoms with Crippen LogP contribution in [0.3, 0.4) is 0 Å². The van der Waals surface area contributed by atoms with Crippen LogP contribution in [0.5, 0.6) is 0 Å². The van der Waals surface area contributed by atoms with Crippen molar-refractivity contribution >= 4 is 28.3 Å². The molecule has 0 amide bonds. The molecule has 1 spiro atoms. The summed E-state index contributed by atoms with van der Waals surface area (Å²) in [7, 11) is -4.27. The van der Waals surface area contributed by atoms with Crippen molar-refractivity contribution in [1.29, 1.82) is 0 Å². The number of rotatable bonds is 1. The van der Waals surface area contributed by atoms with Crippen LogP contribution in [0.1, 0.15) is 18.4 Å². The molecule has 1 N–H and O–H groups in total. The van der Waals surface area contributed by atoms with Crippen LogP contribution >= 0.6 is 12.4 Å². The third kappa shape index (κ3) is 4.02. The molecule has 1 aromatic rings. The minimum Gasteiger partial charge on any atom is -0.744 e. The molecule has 1 heterocycles. The number of halogens is 1. The molecule has 112 valence electrons. The third-order valence-electron chi connectivity index (χ3n) is 3.45. The molecule has 0 radical (unpaired) electrons. The van der Waals surface area contributed by atoms with Gasteiger partial charge in [0, 0.05) is 31.3 Å². The normalized spacial score (nSPS) is 19.0. The van der Waals surface area contributed by atoms with Gasteiger partial charge in [-0.2, -0.15) is 0 Å². The number of hydrogen-bond donors (Lipinski definition) is 1. The smallest absolute Gasteiger partial charge is 0.134 e. The summed E-state index contributed by atoms with van der Waals surface area (Å²) in [5.74, 6) is 0.450. The van der Waals surface area contributed by atoms with E-state index in [1.807, 2.05) is 6.92 Å². The topological polar surface area (TPSA) is 86.3 Å². The van der Waals surface area contributed by atoms with Crippen LogP contribution in [0.15, 0.2) is 29.2 Å². The van der Waals surface area contributed by atoms with E-state index in [2.05, 4.69) is 5.32 Å². The second kappa shape index (κ2) is 6.22. The standard InChI is InChI=1S/C7H8O3S.C6H9NO.ClH/c1-6-2-4-7(5-3-6)11(8,9)10;8-5-1-6(2-5)3-7-4-6;/h2-5H,1H3,(H,8,9,10);7H,1-4H2;1H/p-1. The molecule has 1 aliphatic heterocycles. The molecule has 20 heavy (non-hydrogen) atoms. The van der Waals surface area contributed by atoms with Gasteiger partial charge in [-0.1, -0.05) is 17.7 Å². The predicted molar refractivity (Wildman–Crippen MR) is 75.9 cm³/mol. The maximum Gasteiger partial charge on any atom is 0.134 e. The van der Waals surface area contributed by atoms with E-state index < -0.39 is 10.1 Å². The van der Waals surface area contributed by atoms with Crippen LogP contribution in [0, 0.1) is 12.3 Å². The summed E-state index contributed by atoms with van der Waals surface area (Å²) in [4.78, 5) is 10.3. The molecule has 0 aromatic heterocycles. The lowest BCUT2D eigenvalue weighted by atomic mass is 9.64. The number of Topliss-reactive ketones (excluding diaryl/α,β-unsaturated/α-hetero) is 1. The molecular weight excluding hydrogens is 302 g/mol. The first-order valence-corrected chi connectivity index (χ1v) is 7.47. The fourth-order valence-corrected chi connectivity index (χ4v) is 2.69. The van der Waals surface area contributed by atoms with Gasteiger partial charge in [0.15, 0.2) is 0 Å². The number of carbonyl (C=O) groups excluding carboxylic acids is 1. The SMILES string of the molecule is Cc1ccc(S(=O)(=O)[O-])cc1.Cl.O=C1CC2(CNC2)C1. The number of benzene rings is 1. The highest BCUT2D eigenvalue weighted by atomic mass is 35.5. The number of nitrogens with one attached hydrogen (secondary N) is 1. The van der Waals surface area contributed by atoms with E-state index >= 15 is 0 Å². The van der Waals surface area contributed by atoms with Gasteiger partial charge in [-0.15, -0.1) is 12.4 Å². The van der Waals surface area contributed by atoms with Crippen molar-refractivity contribution in [1.82, 2.24) is 5.32 Å². The van der Waals surface area contributed by atoms with Crippen LogP contribution in [0.25, 0.3) is 0 Å². The highest BCUT2D eigenvalue weighted by molar-refractivity contribution is 7.85. The Morgan fingerprint density at radius 2 is 1.65 bits per heavy atom. The molecule has 1 saturated heterocycles. The van der Waals surface area contributed by atoms with Gasteiger partial charge in [0.1, 0.15) is 15.9 Å². The predicted octanol–water partition coefficient (Wildman–Crippen LogP) is 1.26. The zero-order chi connectivity index (χ0) is 14.1. The van der Waals surface area contributed by atoms with Gasteiger partial charge in [-0.25, -0.2) is 8.42 Å². The van der Waals surface area contributed by atoms with Crippen molar-refractivity contribution in [3.63, 3.8) is 0 Å². The third-order valence-corrected chi connectivity index (χ3v) is 4.30. The summed E-state index contributed by atoms with van der Waals surface area (Å²) in [6.45, 7) is 3.98. The first-order valence-electron chi connectivity index (χ1n) is 6.06. The fraction of sp³-hybridized carbons (Fsp3) is 0.462. The molecular formula is C13H17ClNO4S-. The molecule has 1 saturated carbocycles. The summed E-state index contributed by atoms with van der Waals surface area (Å²) in [5.41, 5.74) is 1.38. The largest absolute Gasteiger partial charge is 0.744 e. The highest BCUT2D eigenvalue weighted by Crippen LogP contribution is 2.40. The maximum absolute atomic E-state index is 10.5. The van der Waals surface area contributed by atoms with E-state index in [1.54, 1.807) is 12.1 Å². The van der Waals surface area contributed by atoms with Crippen molar-refractivity contribution in [2.45, 2.75) is 24.7 Å². The summed E-state index contributed by atoms with van der Waals surface area (Å²) in [6.07, 6.45) is 1.69. The van der Waals surface area contributed by atoms with E-state index in [0.29, 0.717) is 11.2 Å². The zero-order valence-corrected chi connectivity index (χ0v) is 12.7. The Morgan fingerprint density at radius 3 is 1.90 bits per heavy atom. The van der Waals surface area contributed by atoms with Crippen LogP contribution in [-0.2, 0) is 14.9 Å². The molecule has 0 unspecified atom stereocenters. The van der Waals surface area contributed by atoms with Crippen molar-refractivity contribution in [3.05, 3.63) is 29.8 Å². The lowest BCUT2D eigenvalue weighted by Crippen LogP contribution is -2.60. The minimum atomic E-state index is -4.27. The van der Waals surface area contributed by atoms with Gasteiger partial charge >= 0.3 is 0 Å². The summed E-state index contributed by atoms with van der Waals surface area (Å²) >= 11 is 0. The Labute approximate surface area is 124 Å². The second-order valence-electron chi connectivity index (χ2n) is 5.26. The van der Waals surface area contributed by atoms with E-state index in [9.17, 15) is 17.8 Å². The Bertz CT molecular complexity index is 569. The Hall–Kier alpha value is -0.950. The minimum absolute atomic E-state index is 0. The average molecular weight is 319 g/mol. The van der Waals surface area contributed by atoms with E-state index in [1.165, 1.54) is 12.1 Å². The lowest BCUT2D eigenvalue weighted by Gasteiger charge is -2.48. The van der Waals surface area contributed by atoms with Crippen molar-refractivity contribution in [3.8, 4) is 0 Å². The van der Waals surface area contributed by atoms with Gasteiger partial charge in [0.2, 0.25) is 0 Å². The first kappa shape index (κ1) is 17.1. The van der Waals surface area contributed by atoms with Crippen molar-refractivity contribution in [2.24, 2.45) is 5.41 Å². The van der Waals surface area contributed by atoms with Gasteiger partial charge in [-0.3, -0.25) is 4.79 Å². The lowest BCUT2D eigenvalue weighted by molar-refractivity contribution is -0.135. The van der Waals surface area contributed by atoms with E-state index in [0.717, 1.165) is 31.5 Å². The van der Waals surface area contributed by atoms with E-state index in [-0.39, 0.29) is 17.3 Å². The van der Waals surface area contributed by atoms with Crippen LogP contribution in [-0.4, -0.2) is 31.8 Å². The molecule has 0 bridgehead atoms. The summed E-state index contributed by atoms with van der Waals surface area (Å²) in [6, 6.07) is 5.78. The molecule has 2 aliphatic rings. The molecule has 0 atom stereocenters. The van der Waals surface area contributed by atoms with Crippen LogP contribution < -0.4 is 5.32 Å². The molecule has 3 rings (SSSR count).